The maximum absolute atomic E-state index is 5.56. The smallest absolute Gasteiger partial charge is 0.0508 e. The maximum atomic E-state index is 5.56. The summed E-state index contributed by atoms with van der Waals surface area (Å²) in [6, 6.07) is 6.31. The third-order valence-corrected chi connectivity index (χ3v) is 3.43. The van der Waals surface area contributed by atoms with E-state index in [-0.39, 0.29) is 6.04 Å². The molecule has 0 amide bonds. The van der Waals surface area contributed by atoms with Crippen LogP contribution in [0.5, 0.6) is 0 Å². The quantitative estimate of drug-likeness (QED) is 0.500. The number of hydrazine groups is 1. The lowest BCUT2D eigenvalue weighted by molar-refractivity contribution is 0.548. The summed E-state index contributed by atoms with van der Waals surface area (Å²) in [5.41, 5.74) is 6.34. The van der Waals surface area contributed by atoms with Gasteiger partial charge in [-0.2, -0.15) is 0 Å². The Bertz CT molecular complexity index is 361. The number of nitrogens with two attached hydrogens (primary N) is 1. The first kappa shape index (κ1) is 12.4. The van der Waals surface area contributed by atoms with Crippen LogP contribution in [0.3, 0.4) is 0 Å². The summed E-state index contributed by atoms with van der Waals surface area (Å²) in [5.74, 6) is 5.56. The zero-order valence-electron chi connectivity index (χ0n) is 9.18. The SMILES string of the molecule is C=C(C)CC(NN)c1cccc(C)c1Br. The van der Waals surface area contributed by atoms with E-state index < -0.39 is 0 Å². The molecule has 0 aliphatic heterocycles. The Morgan fingerprint density at radius 3 is 2.80 bits per heavy atom. The van der Waals surface area contributed by atoms with Gasteiger partial charge < -0.3 is 0 Å². The van der Waals surface area contributed by atoms with Gasteiger partial charge in [-0.15, -0.1) is 6.58 Å². The summed E-state index contributed by atoms with van der Waals surface area (Å²) in [4.78, 5) is 0. The molecule has 15 heavy (non-hydrogen) atoms. The molecular weight excluding hydrogens is 252 g/mol. The Balaban J connectivity index is 3.01. The summed E-state index contributed by atoms with van der Waals surface area (Å²) in [6.45, 7) is 7.99. The van der Waals surface area contributed by atoms with Crippen molar-refractivity contribution in [3.8, 4) is 0 Å². The summed E-state index contributed by atoms with van der Waals surface area (Å²) in [7, 11) is 0. The Morgan fingerprint density at radius 1 is 1.60 bits per heavy atom. The Kier molecular flexibility index (Phi) is 4.51. The number of hydrogen-bond acceptors (Lipinski definition) is 2. The van der Waals surface area contributed by atoms with Crippen LogP contribution >= 0.6 is 15.9 Å². The van der Waals surface area contributed by atoms with Gasteiger partial charge in [0.05, 0.1) is 6.04 Å². The minimum Gasteiger partial charge on any atom is -0.271 e. The fourth-order valence-corrected chi connectivity index (χ4v) is 2.09. The predicted molar refractivity (Wildman–Crippen MR) is 68.4 cm³/mol. The van der Waals surface area contributed by atoms with Gasteiger partial charge in [0.15, 0.2) is 0 Å². The van der Waals surface area contributed by atoms with Gasteiger partial charge in [-0.05, 0) is 31.4 Å². The van der Waals surface area contributed by atoms with Crippen molar-refractivity contribution in [1.82, 2.24) is 5.43 Å². The van der Waals surface area contributed by atoms with Crippen LogP contribution in [0.15, 0.2) is 34.8 Å². The van der Waals surface area contributed by atoms with Gasteiger partial charge in [0.2, 0.25) is 0 Å². The van der Waals surface area contributed by atoms with Crippen LogP contribution in [0.25, 0.3) is 0 Å². The molecular formula is C12H17BrN2. The normalized spacial score (nSPS) is 12.5. The minimum atomic E-state index is 0.122. The molecule has 1 aromatic rings. The number of halogens is 1. The third-order valence-electron chi connectivity index (χ3n) is 2.35. The van der Waals surface area contributed by atoms with Gasteiger partial charge in [0.25, 0.3) is 0 Å². The van der Waals surface area contributed by atoms with E-state index >= 15 is 0 Å². The fraction of sp³-hybridized carbons (Fsp3) is 0.333. The maximum Gasteiger partial charge on any atom is 0.0508 e. The average molecular weight is 269 g/mol. The molecule has 0 aromatic heterocycles. The number of rotatable bonds is 4. The Morgan fingerprint density at radius 2 is 2.27 bits per heavy atom. The third kappa shape index (κ3) is 3.16. The zero-order valence-corrected chi connectivity index (χ0v) is 10.8. The Labute approximate surface area is 99.7 Å². The van der Waals surface area contributed by atoms with Crippen molar-refractivity contribution < 1.29 is 0 Å². The van der Waals surface area contributed by atoms with Gasteiger partial charge in [-0.1, -0.05) is 39.7 Å². The molecule has 0 aliphatic carbocycles. The lowest BCUT2D eigenvalue weighted by Gasteiger charge is -2.18. The number of hydrogen-bond donors (Lipinski definition) is 2. The van der Waals surface area contributed by atoms with Crippen molar-refractivity contribution in [2.24, 2.45) is 5.84 Å². The van der Waals surface area contributed by atoms with Crippen molar-refractivity contribution in [3.63, 3.8) is 0 Å². The summed E-state index contributed by atoms with van der Waals surface area (Å²) in [5, 5.41) is 0. The first-order chi connectivity index (χ1) is 7.06. The van der Waals surface area contributed by atoms with Crippen LogP contribution in [-0.4, -0.2) is 0 Å². The second-order valence-corrected chi connectivity index (χ2v) is 4.65. The molecule has 0 saturated heterocycles. The van der Waals surface area contributed by atoms with Gasteiger partial charge in [-0.3, -0.25) is 11.3 Å². The van der Waals surface area contributed by atoms with Crippen LogP contribution in [0.4, 0.5) is 0 Å². The van der Waals surface area contributed by atoms with Crippen molar-refractivity contribution in [2.75, 3.05) is 0 Å². The second-order valence-electron chi connectivity index (χ2n) is 3.86. The highest BCUT2D eigenvalue weighted by molar-refractivity contribution is 9.10. The first-order valence-corrected chi connectivity index (χ1v) is 5.71. The number of aryl methyl sites for hydroxylation is 1. The monoisotopic (exact) mass is 268 g/mol. The molecule has 1 atom stereocenters. The average Bonchev–Trinajstić information content (AvgIpc) is 2.19. The lowest BCUT2D eigenvalue weighted by atomic mass is 9.99. The predicted octanol–water partition coefficient (Wildman–Crippen LogP) is 3.23. The van der Waals surface area contributed by atoms with Crippen molar-refractivity contribution in [2.45, 2.75) is 26.3 Å². The van der Waals surface area contributed by atoms with Gasteiger partial charge >= 0.3 is 0 Å². The van der Waals surface area contributed by atoms with Crippen LogP contribution in [0, 0.1) is 6.92 Å². The molecule has 0 bridgehead atoms. The Hall–Kier alpha value is -0.640. The minimum absolute atomic E-state index is 0.122. The standard InChI is InChI=1S/C12H17BrN2/c1-8(2)7-11(15-14)10-6-4-5-9(3)12(10)13/h4-6,11,15H,1,7,14H2,2-3H3. The molecule has 0 fully saturated rings. The van der Waals surface area contributed by atoms with Crippen LogP contribution in [-0.2, 0) is 0 Å². The largest absolute Gasteiger partial charge is 0.271 e. The molecule has 0 radical (unpaired) electrons. The van der Waals surface area contributed by atoms with E-state index in [0.29, 0.717) is 0 Å². The molecule has 0 saturated carbocycles. The van der Waals surface area contributed by atoms with E-state index in [0.717, 1.165) is 16.5 Å². The van der Waals surface area contributed by atoms with Gasteiger partial charge in [0.1, 0.15) is 0 Å². The summed E-state index contributed by atoms with van der Waals surface area (Å²) in [6.07, 6.45) is 0.846. The van der Waals surface area contributed by atoms with Crippen LogP contribution < -0.4 is 11.3 Å². The van der Waals surface area contributed by atoms with Gasteiger partial charge in [-0.25, -0.2) is 0 Å². The van der Waals surface area contributed by atoms with Crippen LogP contribution in [0.1, 0.15) is 30.5 Å². The van der Waals surface area contributed by atoms with Crippen molar-refractivity contribution >= 4 is 15.9 Å². The molecule has 1 unspecified atom stereocenters. The first-order valence-electron chi connectivity index (χ1n) is 4.91. The zero-order chi connectivity index (χ0) is 11.4. The highest BCUT2D eigenvalue weighted by Crippen LogP contribution is 2.29. The second kappa shape index (κ2) is 5.45. The van der Waals surface area contributed by atoms with E-state index in [9.17, 15) is 0 Å². The van der Waals surface area contributed by atoms with Crippen molar-refractivity contribution in [1.29, 1.82) is 0 Å². The summed E-state index contributed by atoms with van der Waals surface area (Å²) >= 11 is 3.59. The number of benzene rings is 1. The molecule has 1 rings (SSSR count). The molecule has 2 nitrogen and oxygen atoms in total. The van der Waals surface area contributed by atoms with Crippen LogP contribution in [0.2, 0.25) is 0 Å². The van der Waals surface area contributed by atoms with E-state index in [4.69, 9.17) is 5.84 Å². The van der Waals surface area contributed by atoms with Gasteiger partial charge in [0, 0.05) is 4.47 Å². The molecule has 1 aromatic carbocycles. The molecule has 0 spiro atoms. The molecule has 0 aliphatic rings. The van der Waals surface area contributed by atoms with E-state index in [1.807, 2.05) is 13.0 Å². The lowest BCUT2D eigenvalue weighted by Crippen LogP contribution is -2.28. The number of nitrogens with one attached hydrogen (secondary N) is 1. The molecule has 3 N–H and O–H groups in total. The fourth-order valence-electron chi connectivity index (χ4n) is 1.55. The topological polar surface area (TPSA) is 38.0 Å². The summed E-state index contributed by atoms with van der Waals surface area (Å²) < 4.78 is 1.12. The highest BCUT2D eigenvalue weighted by Gasteiger charge is 2.13. The van der Waals surface area contributed by atoms with E-state index in [1.165, 1.54) is 11.1 Å². The highest BCUT2D eigenvalue weighted by atomic mass is 79.9. The van der Waals surface area contributed by atoms with E-state index in [2.05, 4.69) is 47.0 Å². The van der Waals surface area contributed by atoms with Crippen molar-refractivity contribution in [3.05, 3.63) is 46.0 Å². The molecule has 3 heteroatoms. The molecule has 82 valence electrons. The molecule has 0 heterocycles. The van der Waals surface area contributed by atoms with E-state index in [1.54, 1.807) is 0 Å².